The van der Waals surface area contributed by atoms with Crippen molar-refractivity contribution in [3.05, 3.63) is 11.9 Å². The van der Waals surface area contributed by atoms with Crippen molar-refractivity contribution in [2.24, 2.45) is 28.8 Å². The van der Waals surface area contributed by atoms with Crippen molar-refractivity contribution >= 4 is 25.4 Å². The van der Waals surface area contributed by atoms with Gasteiger partial charge < -0.3 is 48.6 Å². The third-order valence-corrected chi connectivity index (χ3v) is 12.4. The van der Waals surface area contributed by atoms with Gasteiger partial charge in [-0.25, -0.2) is 0 Å². The fraction of sp³-hybridized carbons (Fsp3) is 0.872. The molecule has 0 spiro atoms. The van der Waals surface area contributed by atoms with Gasteiger partial charge >= 0.3 is 5.97 Å². The van der Waals surface area contributed by atoms with Crippen LogP contribution in [-0.4, -0.2) is 141 Å². The highest BCUT2D eigenvalue weighted by molar-refractivity contribution is 6.05. The molecule has 2 aliphatic heterocycles. The van der Waals surface area contributed by atoms with E-state index in [4.69, 9.17) is 31.8 Å². The number of nitrogens with zero attached hydrogens (tertiary/aromatic N) is 5. The van der Waals surface area contributed by atoms with Gasteiger partial charge in [-0.05, 0) is 79.7 Å². The lowest BCUT2D eigenvalue weighted by molar-refractivity contribution is -0.295. The van der Waals surface area contributed by atoms with Gasteiger partial charge in [0.1, 0.15) is 29.8 Å². The number of esters is 1. The Labute approximate surface area is 328 Å². The average Bonchev–Trinajstić information content (AvgIpc) is 3.59. The minimum Gasteiger partial charge on any atom is -0.459 e. The molecule has 1 aromatic heterocycles. The molecule has 3 aliphatic rings. The first-order chi connectivity index (χ1) is 25.8. The van der Waals surface area contributed by atoms with Gasteiger partial charge in [0.25, 0.3) is 7.98 Å². The van der Waals surface area contributed by atoms with Crippen molar-refractivity contribution in [2.45, 2.75) is 173 Å². The van der Waals surface area contributed by atoms with Gasteiger partial charge in [0.2, 0.25) is 0 Å². The van der Waals surface area contributed by atoms with E-state index in [1.165, 1.54) is 21.0 Å². The van der Waals surface area contributed by atoms with Crippen molar-refractivity contribution in [1.29, 1.82) is 0 Å². The molecule has 3 N–H and O–H groups in total. The molecule has 1 aromatic rings. The summed E-state index contributed by atoms with van der Waals surface area (Å²) in [6.45, 7) is 14.3. The molecule has 2 saturated heterocycles. The zero-order chi connectivity index (χ0) is 40.8. The summed E-state index contributed by atoms with van der Waals surface area (Å²) in [5.74, 6) is -4.66. The maximum absolute atomic E-state index is 14.3. The van der Waals surface area contributed by atoms with Crippen LogP contribution in [-0.2, 0) is 39.8 Å². The molecule has 13 atom stereocenters. The van der Waals surface area contributed by atoms with E-state index in [1.807, 2.05) is 32.7 Å². The number of oxime groups is 1. The Bertz CT molecular complexity index is 1440. The Kier molecular flexibility index (Phi) is 15.9. The lowest BCUT2D eigenvalue weighted by atomic mass is 9.74. The van der Waals surface area contributed by atoms with E-state index in [0.29, 0.717) is 30.8 Å². The Hall–Kier alpha value is -2.47. The van der Waals surface area contributed by atoms with Crippen LogP contribution in [0.3, 0.4) is 0 Å². The van der Waals surface area contributed by atoms with Crippen LogP contribution >= 0.6 is 0 Å². The molecule has 4 rings (SSSR count). The van der Waals surface area contributed by atoms with E-state index in [-0.39, 0.29) is 31.1 Å². The number of Topliss-reactive ketones (excluding diaryl/α,β-unsaturated/α-hetero) is 1. The summed E-state index contributed by atoms with van der Waals surface area (Å²) in [5, 5.41) is 48.0. The molecule has 16 heteroatoms. The van der Waals surface area contributed by atoms with Gasteiger partial charge in [0.15, 0.2) is 12.1 Å². The van der Waals surface area contributed by atoms with Crippen LogP contribution in [0.4, 0.5) is 0 Å². The lowest BCUT2D eigenvalue weighted by Crippen LogP contribution is -2.60. The van der Waals surface area contributed by atoms with Crippen molar-refractivity contribution in [2.75, 3.05) is 20.7 Å². The van der Waals surface area contributed by atoms with Crippen LogP contribution in [0.15, 0.2) is 11.4 Å². The van der Waals surface area contributed by atoms with E-state index in [0.717, 1.165) is 36.7 Å². The van der Waals surface area contributed by atoms with Crippen LogP contribution in [0.5, 0.6) is 0 Å². The first kappa shape index (κ1) is 45.2. The summed E-state index contributed by atoms with van der Waals surface area (Å²) in [4.78, 5) is 36.1. The molecule has 3 fully saturated rings. The van der Waals surface area contributed by atoms with E-state index in [9.17, 15) is 24.9 Å². The number of carbonyl (C=O) groups is 2. The molecule has 0 amide bonds. The number of cyclic esters (lactones) is 1. The molecule has 0 aromatic carbocycles. The first-order valence-electron chi connectivity index (χ1n) is 20.1. The number of aliphatic hydroxyl groups is 3. The predicted octanol–water partition coefficient (Wildman–Crippen LogP) is 2.99. The van der Waals surface area contributed by atoms with E-state index >= 15 is 0 Å². The molecule has 2 radical (unpaired) electrons. The maximum Gasteiger partial charge on any atom is 0.316 e. The molecule has 1 aliphatic carbocycles. The molecule has 0 bridgehead atoms. The molecule has 0 unspecified atom stereocenters. The summed E-state index contributed by atoms with van der Waals surface area (Å²) in [5.41, 5.74) is -1.91. The van der Waals surface area contributed by atoms with Gasteiger partial charge in [0, 0.05) is 50.1 Å². The van der Waals surface area contributed by atoms with Crippen LogP contribution in [0.25, 0.3) is 0 Å². The molecule has 1 saturated carbocycles. The number of likely N-dealkylation sites (N-methyl/N-ethyl adjacent to an activating group) is 1. The average molecular weight is 776 g/mol. The minimum absolute atomic E-state index is 0.0765. The molecular formula is C39H66BN5O10. The third-order valence-electron chi connectivity index (χ3n) is 12.4. The number of carbonyl (C=O) groups excluding carboxylic acids is 2. The summed E-state index contributed by atoms with van der Waals surface area (Å²) in [7, 11) is 9.11. The first-order valence-corrected chi connectivity index (χ1v) is 20.1. The van der Waals surface area contributed by atoms with Crippen LogP contribution in [0.2, 0.25) is 0 Å². The van der Waals surface area contributed by atoms with Crippen molar-refractivity contribution in [1.82, 2.24) is 19.8 Å². The summed E-state index contributed by atoms with van der Waals surface area (Å²) in [6, 6.07) is -0.371. The quantitative estimate of drug-likeness (QED) is 0.136. The SMILES string of the molecule is [B]n1cc(CCN(C)[C@H]2C[C@@H](C)O[C@@H](O[C@@H]3[C@@H](C)C(=O)[C@@H](C)C(=O)O[C@H](CC)[C@@](C)(O)[C@H](O)[C@@H](C)/C(=N/OC4CCCCC4)[C@H](C)C[C@@]3(C)OC)[C@@H]2O)nn1. The number of ether oxygens (including phenoxy) is 4. The van der Waals surface area contributed by atoms with Gasteiger partial charge in [-0.2, -0.15) is 0 Å². The maximum atomic E-state index is 14.3. The Balaban J connectivity index is 1.72. The molecule has 55 heavy (non-hydrogen) atoms. The fourth-order valence-corrected chi connectivity index (χ4v) is 8.73. The number of aromatic nitrogens is 3. The zero-order valence-electron chi connectivity index (χ0n) is 34.6. The van der Waals surface area contributed by atoms with Crippen LogP contribution in [0, 0.1) is 23.7 Å². The summed E-state index contributed by atoms with van der Waals surface area (Å²) < 4.78 is 26.3. The lowest BCUT2D eigenvalue weighted by Gasteiger charge is -2.47. The van der Waals surface area contributed by atoms with Crippen molar-refractivity contribution < 1.29 is 48.7 Å². The van der Waals surface area contributed by atoms with Crippen molar-refractivity contribution in [3.63, 3.8) is 0 Å². The van der Waals surface area contributed by atoms with E-state index in [2.05, 4.69) is 15.5 Å². The van der Waals surface area contributed by atoms with Crippen molar-refractivity contribution in [3.8, 4) is 0 Å². The summed E-state index contributed by atoms with van der Waals surface area (Å²) >= 11 is 0. The van der Waals surface area contributed by atoms with Gasteiger partial charge in [-0.1, -0.05) is 44.5 Å². The molecular weight excluding hydrogens is 709 g/mol. The topological polar surface area (TPSA) is 187 Å². The number of rotatable bonds is 10. The monoisotopic (exact) mass is 775 g/mol. The second-order valence-electron chi connectivity index (χ2n) is 16.8. The van der Waals surface area contributed by atoms with Crippen LogP contribution in [0.1, 0.15) is 112 Å². The number of hydrogen-bond donors (Lipinski definition) is 3. The summed E-state index contributed by atoms with van der Waals surface area (Å²) in [6.07, 6.45) is 1.83. The second-order valence-corrected chi connectivity index (χ2v) is 16.8. The standard InChI is InChI=1S/C39H66BN5O10/c1-11-30-39(8,50)34(48)24(4)31(42-55-28-15-13-12-14-16-28)22(2)20-38(7,51-10)35(25(5)32(46)26(6)36(49)53-30)54-37-33(47)29(19-23(3)52-37)44(9)18-17-27-21-45(40)43-41-27/h21-26,28-30,33-35,37,47-48,50H,11-20H2,1-10H3/b42-31+/t22-,23-,24+,25+,26-,29+,30-,33-,34-,35-,37+,38-,39-/m1/s1. The smallest absolute Gasteiger partial charge is 0.316 e. The normalized spacial score (nSPS) is 39.9. The highest BCUT2D eigenvalue weighted by atomic mass is 16.7. The third kappa shape index (κ3) is 10.7. The largest absolute Gasteiger partial charge is 0.459 e. The van der Waals surface area contributed by atoms with E-state index in [1.54, 1.807) is 27.0 Å². The zero-order valence-corrected chi connectivity index (χ0v) is 34.6. The molecule has 310 valence electrons. The molecule has 15 nitrogen and oxygen atoms in total. The Morgan fingerprint density at radius 2 is 1.76 bits per heavy atom. The highest BCUT2D eigenvalue weighted by Crippen LogP contribution is 2.39. The van der Waals surface area contributed by atoms with Gasteiger partial charge in [-0.3, -0.25) is 9.59 Å². The fourth-order valence-electron chi connectivity index (χ4n) is 8.73. The minimum atomic E-state index is -1.89. The number of ketones is 1. The Morgan fingerprint density at radius 3 is 2.36 bits per heavy atom. The van der Waals surface area contributed by atoms with Gasteiger partial charge in [-0.15, -0.1) is 5.10 Å². The highest BCUT2D eigenvalue weighted by Gasteiger charge is 2.52. The number of hydrogen-bond acceptors (Lipinski definition) is 14. The number of methoxy groups -OCH3 is 1. The van der Waals surface area contributed by atoms with E-state index < -0.39 is 77.3 Å². The van der Waals surface area contributed by atoms with Gasteiger partial charge in [0.05, 0.1) is 35.3 Å². The Morgan fingerprint density at radius 1 is 1.09 bits per heavy atom. The number of aliphatic hydroxyl groups excluding tert-OH is 2. The molecule has 3 heterocycles. The van der Waals surface area contributed by atoms with Crippen LogP contribution < -0.4 is 0 Å². The second kappa shape index (κ2) is 19.3. The predicted molar refractivity (Wildman–Crippen MR) is 205 cm³/mol.